The van der Waals surface area contributed by atoms with Gasteiger partial charge >= 0.3 is 12.3 Å². The summed E-state index contributed by atoms with van der Waals surface area (Å²) in [6.45, 7) is 6.24. The predicted octanol–water partition coefficient (Wildman–Crippen LogP) is 3.36. The molecule has 0 heterocycles. The number of halogens is 4. The second kappa shape index (κ2) is 12.4. The van der Waals surface area contributed by atoms with Gasteiger partial charge in [0.2, 0.25) is 0 Å². The fourth-order valence-corrected chi connectivity index (χ4v) is 1.93. The number of rotatable bonds is 4. The molecule has 0 atom stereocenters. The second-order valence-corrected chi connectivity index (χ2v) is 6.66. The number of carbonyl (C=O) groups is 1. The van der Waals surface area contributed by atoms with Crippen molar-refractivity contribution in [1.82, 2.24) is 16.0 Å². The third kappa shape index (κ3) is 12.1. The van der Waals surface area contributed by atoms with Crippen LogP contribution in [-0.4, -0.2) is 44.3 Å². The van der Waals surface area contributed by atoms with Crippen LogP contribution in [0, 0.1) is 11.8 Å². The van der Waals surface area contributed by atoms with E-state index in [1.807, 2.05) is 0 Å². The summed E-state index contributed by atoms with van der Waals surface area (Å²) in [7, 11) is 1.57. The number of alkyl halides is 3. The Morgan fingerprint density at radius 1 is 1.14 bits per heavy atom. The smallest absolute Gasteiger partial charge is 0.416 e. The lowest BCUT2D eigenvalue weighted by Crippen LogP contribution is -2.42. The molecule has 1 aromatic carbocycles. The SMILES string of the molecule is CN=C(NCC#Cc1cccc(C(F)(F)F)c1)NCCNC(=O)OC(C)(C)C.I. The van der Waals surface area contributed by atoms with Gasteiger partial charge in [-0.15, -0.1) is 24.0 Å². The summed E-state index contributed by atoms with van der Waals surface area (Å²) in [4.78, 5) is 15.5. The van der Waals surface area contributed by atoms with E-state index in [4.69, 9.17) is 4.74 Å². The van der Waals surface area contributed by atoms with Crippen LogP contribution in [0.25, 0.3) is 0 Å². The van der Waals surface area contributed by atoms with E-state index in [0.29, 0.717) is 19.0 Å². The lowest BCUT2D eigenvalue weighted by molar-refractivity contribution is -0.137. The molecular formula is C19H26F3IN4O2. The van der Waals surface area contributed by atoms with Crippen LogP contribution in [0.15, 0.2) is 29.3 Å². The van der Waals surface area contributed by atoms with Crippen molar-refractivity contribution in [2.45, 2.75) is 32.5 Å². The highest BCUT2D eigenvalue weighted by molar-refractivity contribution is 14.0. The predicted molar refractivity (Wildman–Crippen MR) is 117 cm³/mol. The number of aliphatic imine (C=N–C) groups is 1. The van der Waals surface area contributed by atoms with Crippen molar-refractivity contribution >= 4 is 36.0 Å². The lowest BCUT2D eigenvalue weighted by atomic mass is 10.1. The van der Waals surface area contributed by atoms with E-state index in [9.17, 15) is 18.0 Å². The Labute approximate surface area is 186 Å². The Kier molecular flexibility index (Phi) is 11.5. The summed E-state index contributed by atoms with van der Waals surface area (Å²) in [5.41, 5.74) is -1.02. The Bertz CT molecular complexity index is 750. The maximum Gasteiger partial charge on any atom is 0.416 e. The molecule has 6 nitrogen and oxygen atoms in total. The maximum atomic E-state index is 12.7. The first-order valence-corrected chi connectivity index (χ1v) is 8.59. The van der Waals surface area contributed by atoms with Gasteiger partial charge in [-0.3, -0.25) is 4.99 Å². The number of nitrogens with one attached hydrogen (secondary N) is 3. The molecule has 1 aromatic rings. The number of benzene rings is 1. The number of carbonyl (C=O) groups excluding carboxylic acids is 1. The summed E-state index contributed by atoms with van der Waals surface area (Å²) >= 11 is 0. The number of hydrogen-bond acceptors (Lipinski definition) is 3. The summed E-state index contributed by atoms with van der Waals surface area (Å²) in [5, 5.41) is 8.48. The van der Waals surface area contributed by atoms with E-state index in [2.05, 4.69) is 32.8 Å². The first kappa shape index (κ1) is 26.8. The van der Waals surface area contributed by atoms with Crippen molar-refractivity contribution in [1.29, 1.82) is 0 Å². The molecule has 0 saturated heterocycles. The zero-order chi connectivity index (χ0) is 21.2. The van der Waals surface area contributed by atoms with Gasteiger partial charge in [0.25, 0.3) is 0 Å². The number of alkyl carbamates (subject to hydrolysis) is 1. The van der Waals surface area contributed by atoms with E-state index in [1.54, 1.807) is 27.8 Å². The third-order valence-electron chi connectivity index (χ3n) is 3.08. The molecule has 3 N–H and O–H groups in total. The molecule has 0 aromatic heterocycles. The number of nitrogens with zero attached hydrogens (tertiary/aromatic N) is 1. The average molecular weight is 526 g/mol. The van der Waals surface area contributed by atoms with Gasteiger partial charge < -0.3 is 20.7 Å². The normalized spacial score (nSPS) is 11.5. The number of hydrogen-bond donors (Lipinski definition) is 3. The fourth-order valence-electron chi connectivity index (χ4n) is 1.93. The van der Waals surface area contributed by atoms with Gasteiger partial charge in [-0.1, -0.05) is 17.9 Å². The van der Waals surface area contributed by atoms with Gasteiger partial charge in [-0.2, -0.15) is 13.2 Å². The van der Waals surface area contributed by atoms with Gasteiger partial charge in [0.1, 0.15) is 5.60 Å². The highest BCUT2D eigenvalue weighted by Crippen LogP contribution is 2.29. The molecule has 0 aliphatic rings. The van der Waals surface area contributed by atoms with Crippen LogP contribution >= 0.6 is 24.0 Å². The topological polar surface area (TPSA) is 74.8 Å². The Hall–Kier alpha value is -2.16. The minimum absolute atomic E-state index is 0. The van der Waals surface area contributed by atoms with Crippen LogP contribution in [0.2, 0.25) is 0 Å². The van der Waals surface area contributed by atoms with E-state index in [1.165, 1.54) is 12.1 Å². The van der Waals surface area contributed by atoms with Crippen LogP contribution in [-0.2, 0) is 10.9 Å². The zero-order valence-electron chi connectivity index (χ0n) is 16.7. The number of amides is 1. The summed E-state index contributed by atoms with van der Waals surface area (Å²) in [6.07, 6.45) is -4.90. The van der Waals surface area contributed by atoms with Crippen molar-refractivity contribution in [3.63, 3.8) is 0 Å². The van der Waals surface area contributed by atoms with Crippen LogP contribution in [0.1, 0.15) is 31.9 Å². The van der Waals surface area contributed by atoms with Gasteiger partial charge in [0, 0.05) is 25.7 Å². The van der Waals surface area contributed by atoms with Crippen LogP contribution in [0.5, 0.6) is 0 Å². The van der Waals surface area contributed by atoms with Gasteiger partial charge in [0.15, 0.2) is 5.96 Å². The first-order valence-electron chi connectivity index (χ1n) is 8.59. The molecule has 0 fully saturated rings. The second-order valence-electron chi connectivity index (χ2n) is 6.66. The van der Waals surface area contributed by atoms with Gasteiger partial charge in [-0.05, 0) is 39.0 Å². The molecule has 1 rings (SSSR count). The molecule has 0 radical (unpaired) electrons. The van der Waals surface area contributed by atoms with E-state index >= 15 is 0 Å². The van der Waals surface area contributed by atoms with Gasteiger partial charge in [-0.25, -0.2) is 4.79 Å². The fraction of sp³-hybridized carbons (Fsp3) is 0.474. The molecule has 0 aliphatic carbocycles. The highest BCUT2D eigenvalue weighted by atomic mass is 127. The molecular weight excluding hydrogens is 500 g/mol. The standard InChI is InChI=1S/C19H25F3N4O2.HI/c1-18(2,3)28-17(27)26-12-11-25-16(23-4)24-10-6-8-14-7-5-9-15(13-14)19(20,21)22;/h5,7,9,13H,10-12H2,1-4H3,(H,26,27)(H2,23,24,25);1H. The average Bonchev–Trinajstić information content (AvgIpc) is 2.58. The highest BCUT2D eigenvalue weighted by Gasteiger charge is 2.30. The molecule has 1 amide bonds. The molecule has 10 heteroatoms. The first-order chi connectivity index (χ1) is 13.0. The van der Waals surface area contributed by atoms with Crippen molar-refractivity contribution in [2.24, 2.45) is 4.99 Å². The molecule has 0 unspecified atom stereocenters. The number of guanidine groups is 1. The van der Waals surface area contributed by atoms with E-state index in [0.717, 1.165) is 12.1 Å². The third-order valence-corrected chi connectivity index (χ3v) is 3.08. The van der Waals surface area contributed by atoms with Crippen LogP contribution in [0.4, 0.5) is 18.0 Å². The Balaban J connectivity index is 0.00000784. The minimum atomic E-state index is -4.39. The quantitative estimate of drug-likeness (QED) is 0.185. The molecule has 0 saturated carbocycles. The molecule has 0 spiro atoms. The summed E-state index contributed by atoms with van der Waals surface area (Å²) < 4.78 is 43.1. The zero-order valence-corrected chi connectivity index (χ0v) is 19.1. The lowest BCUT2D eigenvalue weighted by Gasteiger charge is -2.19. The van der Waals surface area contributed by atoms with E-state index in [-0.39, 0.29) is 36.1 Å². The van der Waals surface area contributed by atoms with Crippen molar-refractivity contribution in [3.05, 3.63) is 35.4 Å². The maximum absolute atomic E-state index is 12.7. The molecule has 0 aliphatic heterocycles. The molecule has 0 bridgehead atoms. The summed E-state index contributed by atoms with van der Waals surface area (Å²) in [6, 6.07) is 4.83. The Morgan fingerprint density at radius 2 is 1.79 bits per heavy atom. The summed E-state index contributed by atoms with van der Waals surface area (Å²) in [5.74, 6) is 5.86. The van der Waals surface area contributed by atoms with E-state index < -0.39 is 23.4 Å². The number of ether oxygens (including phenoxy) is 1. The van der Waals surface area contributed by atoms with Crippen molar-refractivity contribution in [2.75, 3.05) is 26.7 Å². The van der Waals surface area contributed by atoms with Crippen molar-refractivity contribution in [3.8, 4) is 11.8 Å². The minimum Gasteiger partial charge on any atom is -0.444 e. The molecule has 29 heavy (non-hydrogen) atoms. The molecule has 162 valence electrons. The Morgan fingerprint density at radius 3 is 2.38 bits per heavy atom. The van der Waals surface area contributed by atoms with Gasteiger partial charge in [0.05, 0.1) is 12.1 Å². The monoisotopic (exact) mass is 526 g/mol. The van der Waals surface area contributed by atoms with Crippen LogP contribution < -0.4 is 16.0 Å². The van der Waals surface area contributed by atoms with Crippen LogP contribution in [0.3, 0.4) is 0 Å². The van der Waals surface area contributed by atoms with Crippen molar-refractivity contribution < 1.29 is 22.7 Å². The largest absolute Gasteiger partial charge is 0.444 e.